The van der Waals surface area contributed by atoms with Crippen molar-refractivity contribution in [2.45, 2.75) is 95.9 Å². The van der Waals surface area contributed by atoms with Crippen molar-refractivity contribution in [1.29, 1.82) is 0 Å². The Labute approximate surface area is 363 Å². The molecule has 9 rings (SSSR count). The van der Waals surface area contributed by atoms with Crippen LogP contribution in [0.5, 0.6) is 5.75 Å². The number of aromatic amines is 2. The number of nitrogens with zero attached hydrogens (tertiary/aromatic N) is 4. The minimum absolute atomic E-state index is 0.0413. The van der Waals surface area contributed by atoms with Gasteiger partial charge >= 0.3 is 12.2 Å². The van der Waals surface area contributed by atoms with Crippen LogP contribution in [0.25, 0.3) is 44.2 Å². The molecule has 3 fully saturated rings. The number of imidazole rings is 2. The van der Waals surface area contributed by atoms with E-state index >= 15 is 4.39 Å². The maximum atomic E-state index is 15.1. The number of carbonyl (C=O) groups is 4. The number of hydrogen-bond acceptors (Lipinski definition) is 10. The summed E-state index contributed by atoms with van der Waals surface area (Å²) in [5, 5.41) is 7.38. The maximum absolute atomic E-state index is 15.1. The lowest BCUT2D eigenvalue weighted by molar-refractivity contribution is -0.138. The smallest absolute Gasteiger partial charge is 0.407 e. The van der Waals surface area contributed by atoms with Crippen molar-refractivity contribution >= 4 is 45.8 Å². The second kappa shape index (κ2) is 17.1. The monoisotopic (exact) mass is 864 g/mol. The summed E-state index contributed by atoms with van der Waals surface area (Å²) in [6, 6.07) is 11.7. The molecule has 0 bridgehead atoms. The largest absolute Gasteiger partial charge is 0.488 e. The van der Waals surface area contributed by atoms with Gasteiger partial charge in [0.25, 0.3) is 0 Å². The van der Waals surface area contributed by atoms with Crippen LogP contribution < -0.4 is 15.4 Å². The fraction of sp³-hybridized carbons (Fsp3) is 0.478. The molecule has 0 aliphatic carbocycles. The quantitative estimate of drug-likeness (QED) is 0.122. The van der Waals surface area contributed by atoms with Crippen LogP contribution in [0, 0.1) is 11.8 Å². The van der Waals surface area contributed by atoms with Crippen molar-refractivity contribution in [3.63, 3.8) is 0 Å². The van der Waals surface area contributed by atoms with Crippen LogP contribution in [0.2, 0.25) is 0 Å². The molecule has 0 spiro atoms. The van der Waals surface area contributed by atoms with Crippen molar-refractivity contribution in [3.05, 3.63) is 65.9 Å². The second-order valence-corrected chi connectivity index (χ2v) is 17.4. The molecule has 0 unspecified atom stereocenters. The number of hydrogen-bond donors (Lipinski definition) is 4. The Bertz CT molecular complexity index is 2570. The van der Waals surface area contributed by atoms with Gasteiger partial charge in [-0.3, -0.25) is 9.59 Å². The molecule has 17 heteroatoms. The van der Waals surface area contributed by atoms with Gasteiger partial charge in [-0.2, -0.15) is 0 Å². The molecule has 332 valence electrons. The van der Waals surface area contributed by atoms with E-state index in [1.807, 2.05) is 49.9 Å². The number of nitrogens with one attached hydrogen (secondary N) is 4. The third-order valence-electron chi connectivity index (χ3n) is 13.2. The zero-order valence-corrected chi connectivity index (χ0v) is 36.0. The van der Waals surface area contributed by atoms with E-state index in [1.54, 1.807) is 6.20 Å². The number of rotatable bonds is 9. The SMILES string of the molecule is COC(=O)N[C@H](C(=O)N1[C@@H](C)CC[C@H]1c1nc2ccc3cc4c(cc3c2[nH]1)OCc1cc(-c2cnc([C@@H]3C[C@H](F)CN3C(=O)[C@@H](NC(=O)OC)C3CCOCC3)[nH]2)ccc1-4)C(C)C. The molecule has 2 aromatic heterocycles. The van der Waals surface area contributed by atoms with Gasteiger partial charge in [-0.25, -0.2) is 23.9 Å². The molecule has 4 aliphatic heterocycles. The molecule has 4 N–H and O–H groups in total. The normalized spacial score (nSPS) is 22.1. The van der Waals surface area contributed by atoms with Crippen LogP contribution in [0.4, 0.5) is 14.0 Å². The summed E-state index contributed by atoms with van der Waals surface area (Å²) in [6.45, 7) is 7.00. The van der Waals surface area contributed by atoms with Crippen LogP contribution in [0.15, 0.2) is 48.7 Å². The zero-order chi connectivity index (χ0) is 44.1. The highest BCUT2D eigenvalue weighted by Crippen LogP contribution is 2.44. The first kappa shape index (κ1) is 42.1. The number of fused-ring (bicyclic) bond motifs is 6. The minimum Gasteiger partial charge on any atom is -0.488 e. The Hall–Kier alpha value is -6.23. The number of methoxy groups -OCH3 is 2. The number of H-pyrrole nitrogens is 2. The summed E-state index contributed by atoms with van der Waals surface area (Å²) in [6.07, 6.45) is 1.88. The summed E-state index contributed by atoms with van der Waals surface area (Å²) >= 11 is 0. The van der Waals surface area contributed by atoms with Gasteiger partial charge in [0, 0.05) is 36.6 Å². The molecule has 4 aliphatic rings. The van der Waals surface area contributed by atoms with Gasteiger partial charge in [0.05, 0.1) is 55.8 Å². The molecule has 63 heavy (non-hydrogen) atoms. The summed E-state index contributed by atoms with van der Waals surface area (Å²) in [5.74, 6) is 1.05. The second-order valence-electron chi connectivity index (χ2n) is 17.4. The number of halogens is 1. The molecule has 0 radical (unpaired) electrons. The van der Waals surface area contributed by atoms with Crippen molar-refractivity contribution in [3.8, 4) is 28.1 Å². The van der Waals surface area contributed by atoms with E-state index in [0.717, 1.165) is 62.7 Å². The Morgan fingerprint density at radius 3 is 2.43 bits per heavy atom. The number of alkyl carbamates (subject to hydrolysis) is 2. The highest BCUT2D eigenvalue weighted by Gasteiger charge is 2.44. The first-order chi connectivity index (χ1) is 30.4. The van der Waals surface area contributed by atoms with Gasteiger partial charge in [0.2, 0.25) is 11.8 Å². The van der Waals surface area contributed by atoms with E-state index in [4.69, 9.17) is 23.9 Å². The number of aromatic nitrogens is 4. The Morgan fingerprint density at radius 2 is 1.67 bits per heavy atom. The molecule has 6 atom stereocenters. The van der Waals surface area contributed by atoms with E-state index < -0.39 is 36.5 Å². The fourth-order valence-electron chi connectivity index (χ4n) is 9.86. The van der Waals surface area contributed by atoms with Gasteiger partial charge in [-0.05, 0) is 90.8 Å². The molecule has 16 nitrogen and oxygen atoms in total. The highest BCUT2D eigenvalue weighted by atomic mass is 19.1. The zero-order valence-electron chi connectivity index (χ0n) is 36.0. The number of amides is 4. The first-order valence-corrected chi connectivity index (χ1v) is 21.7. The standard InChI is InChI=1S/C46H53FN8O8/c1-23(2)38(52-45(58)60-4)44(57)55-24(3)6-11-35(55)42-49-33-10-8-26-17-32-30-9-7-27(16-28(30)22-63-37(32)19-31(26)40(33)51-42)34-20-48-41(50-34)36-18-29(47)21-54(36)43(56)39(53-46(59)61-5)25-12-14-62-15-13-25/h7-10,16-17,19-20,23-25,29,35-36,38-39H,6,11-15,18,21-22H2,1-5H3,(H,48,50)(H,49,51)(H,52,58)(H,53,59)/t24-,29-,35-,36-,38-,39-/m0/s1. The Morgan fingerprint density at radius 1 is 0.889 bits per heavy atom. The third-order valence-corrected chi connectivity index (χ3v) is 13.2. The molecule has 6 heterocycles. The number of benzene rings is 3. The van der Waals surface area contributed by atoms with E-state index in [0.29, 0.717) is 50.0 Å². The van der Waals surface area contributed by atoms with E-state index in [1.165, 1.54) is 19.1 Å². The van der Waals surface area contributed by atoms with Crippen molar-refractivity contribution in [2.24, 2.45) is 11.8 Å². The fourth-order valence-corrected chi connectivity index (χ4v) is 9.86. The third kappa shape index (κ3) is 7.91. The molecule has 4 amide bonds. The van der Waals surface area contributed by atoms with Gasteiger partial charge < -0.3 is 49.3 Å². The van der Waals surface area contributed by atoms with E-state index in [9.17, 15) is 19.2 Å². The molecule has 3 aromatic carbocycles. The van der Waals surface area contributed by atoms with Gasteiger partial charge in [0.15, 0.2) is 0 Å². The Kier molecular flexibility index (Phi) is 11.5. The maximum Gasteiger partial charge on any atom is 0.407 e. The molecule has 5 aromatic rings. The number of ether oxygens (including phenoxy) is 4. The topological polar surface area (TPSA) is 193 Å². The van der Waals surface area contributed by atoms with Gasteiger partial charge in [0.1, 0.15) is 42.3 Å². The van der Waals surface area contributed by atoms with Gasteiger partial charge in [-0.1, -0.05) is 32.0 Å². The molecule has 3 saturated heterocycles. The highest BCUT2D eigenvalue weighted by molar-refractivity contribution is 6.07. The summed E-state index contributed by atoms with van der Waals surface area (Å²) in [4.78, 5) is 72.4. The average Bonchev–Trinajstić information content (AvgIpc) is 4.12. The molecular formula is C46H53FN8O8. The lowest BCUT2D eigenvalue weighted by Crippen LogP contribution is -2.53. The van der Waals surface area contributed by atoms with Crippen LogP contribution in [0.1, 0.15) is 82.2 Å². The first-order valence-electron chi connectivity index (χ1n) is 21.7. The number of likely N-dealkylation sites (tertiary alicyclic amines) is 2. The summed E-state index contributed by atoms with van der Waals surface area (Å²) < 4.78 is 36.7. The van der Waals surface area contributed by atoms with Crippen LogP contribution in [-0.4, -0.2) is 112 Å². The predicted molar refractivity (Wildman–Crippen MR) is 230 cm³/mol. The molecule has 0 saturated carbocycles. The van der Waals surface area contributed by atoms with Crippen LogP contribution >= 0.6 is 0 Å². The van der Waals surface area contributed by atoms with Gasteiger partial charge in [-0.15, -0.1) is 0 Å². The lowest BCUT2D eigenvalue weighted by atomic mass is 9.90. The molecular weight excluding hydrogens is 812 g/mol. The average molecular weight is 865 g/mol. The number of carbonyl (C=O) groups excluding carboxylic acids is 4. The van der Waals surface area contributed by atoms with Crippen LogP contribution in [0.3, 0.4) is 0 Å². The Balaban J connectivity index is 0.959. The lowest BCUT2D eigenvalue weighted by Gasteiger charge is -2.34. The predicted octanol–water partition coefficient (Wildman–Crippen LogP) is 6.86. The van der Waals surface area contributed by atoms with Crippen molar-refractivity contribution in [2.75, 3.05) is 34.0 Å². The van der Waals surface area contributed by atoms with Crippen molar-refractivity contribution in [1.82, 2.24) is 40.4 Å². The summed E-state index contributed by atoms with van der Waals surface area (Å²) in [5.41, 5.74) is 6.18. The number of alkyl halides is 1. The van der Waals surface area contributed by atoms with Crippen molar-refractivity contribution < 1.29 is 42.5 Å². The minimum atomic E-state index is -1.25. The summed E-state index contributed by atoms with van der Waals surface area (Å²) in [7, 11) is 2.54. The van der Waals surface area contributed by atoms with E-state index in [2.05, 4.69) is 43.8 Å². The van der Waals surface area contributed by atoms with Crippen LogP contribution in [-0.2, 0) is 30.4 Å². The van der Waals surface area contributed by atoms with E-state index in [-0.39, 0.29) is 48.7 Å².